The molecule has 174 valence electrons. The molecule has 2 N–H and O–H groups in total. The fourth-order valence-corrected chi connectivity index (χ4v) is 3.92. The maximum atomic E-state index is 12.9. The average molecular weight is 479 g/mol. The zero-order valence-electron chi connectivity index (χ0n) is 16.8. The predicted octanol–water partition coefficient (Wildman–Crippen LogP) is 6.78. The van der Waals surface area contributed by atoms with Crippen LogP contribution in [0.5, 0.6) is 0 Å². The molecule has 1 amide bonds. The van der Waals surface area contributed by atoms with Crippen molar-refractivity contribution in [1.29, 1.82) is 0 Å². The minimum Gasteiger partial charge on any atom is -0.385 e. The van der Waals surface area contributed by atoms with Crippen molar-refractivity contribution in [2.24, 2.45) is 5.92 Å². The van der Waals surface area contributed by atoms with E-state index in [4.69, 9.17) is 11.6 Å². The van der Waals surface area contributed by atoms with Crippen LogP contribution in [0, 0.1) is 5.92 Å². The Morgan fingerprint density at radius 1 is 0.906 bits per heavy atom. The third kappa shape index (κ3) is 6.31. The van der Waals surface area contributed by atoms with Gasteiger partial charge >= 0.3 is 12.4 Å². The summed E-state index contributed by atoms with van der Waals surface area (Å²) >= 11 is 5.91. The van der Waals surface area contributed by atoms with Crippen LogP contribution >= 0.6 is 11.6 Å². The van der Waals surface area contributed by atoms with Gasteiger partial charge in [0.15, 0.2) is 0 Å². The number of carbonyl (C=O) groups excluding carboxylic acids is 1. The predicted molar refractivity (Wildman–Crippen MR) is 110 cm³/mol. The molecule has 32 heavy (non-hydrogen) atoms. The molecule has 1 saturated carbocycles. The van der Waals surface area contributed by atoms with Gasteiger partial charge in [-0.15, -0.1) is 0 Å². The minimum absolute atomic E-state index is 0.0607. The molecule has 2 aromatic carbocycles. The van der Waals surface area contributed by atoms with Crippen molar-refractivity contribution in [2.75, 3.05) is 11.9 Å². The van der Waals surface area contributed by atoms with E-state index in [1.54, 1.807) is 6.07 Å². The van der Waals surface area contributed by atoms with Gasteiger partial charge < -0.3 is 10.6 Å². The van der Waals surface area contributed by atoms with Crippen molar-refractivity contribution < 1.29 is 31.1 Å². The highest BCUT2D eigenvalue weighted by Gasteiger charge is 2.32. The van der Waals surface area contributed by atoms with E-state index in [9.17, 15) is 31.1 Å². The third-order valence-corrected chi connectivity index (χ3v) is 5.83. The van der Waals surface area contributed by atoms with Crippen LogP contribution in [0.4, 0.5) is 32.0 Å². The van der Waals surface area contributed by atoms with Gasteiger partial charge in [0.2, 0.25) is 0 Å². The van der Waals surface area contributed by atoms with E-state index in [2.05, 4.69) is 10.6 Å². The number of alkyl halides is 6. The summed E-state index contributed by atoms with van der Waals surface area (Å²) in [5.74, 6) is -0.457. The Kier molecular flexibility index (Phi) is 7.27. The number of rotatable bonds is 5. The molecule has 0 unspecified atom stereocenters. The Bertz CT molecular complexity index is 952. The van der Waals surface area contributed by atoms with Gasteiger partial charge in [-0.25, -0.2) is 0 Å². The van der Waals surface area contributed by atoms with Gasteiger partial charge in [-0.1, -0.05) is 17.7 Å². The Labute approximate surface area is 186 Å². The van der Waals surface area contributed by atoms with Crippen LogP contribution in [-0.4, -0.2) is 18.5 Å². The second kappa shape index (κ2) is 9.60. The quantitative estimate of drug-likeness (QED) is 0.465. The lowest BCUT2D eigenvalue weighted by Crippen LogP contribution is -2.38. The molecule has 0 bridgehead atoms. The maximum Gasteiger partial charge on any atom is 0.416 e. The van der Waals surface area contributed by atoms with Crippen molar-refractivity contribution in [3.05, 3.63) is 64.2 Å². The summed E-state index contributed by atoms with van der Waals surface area (Å²) in [7, 11) is 0. The first-order valence-corrected chi connectivity index (χ1v) is 10.4. The zero-order chi connectivity index (χ0) is 23.5. The smallest absolute Gasteiger partial charge is 0.385 e. The molecule has 0 atom stereocenters. The van der Waals surface area contributed by atoms with E-state index in [0.29, 0.717) is 37.9 Å². The summed E-state index contributed by atoms with van der Waals surface area (Å²) < 4.78 is 77.1. The molecule has 1 aliphatic rings. The molecule has 0 saturated heterocycles. The summed E-state index contributed by atoms with van der Waals surface area (Å²) in [6, 6.07) is 7.38. The van der Waals surface area contributed by atoms with Crippen LogP contribution in [-0.2, 0) is 12.4 Å². The average Bonchev–Trinajstić information content (AvgIpc) is 2.72. The third-order valence-electron chi connectivity index (χ3n) is 5.51. The number of benzene rings is 2. The molecule has 0 spiro atoms. The molecule has 0 radical (unpaired) electrons. The molecule has 3 nitrogen and oxygen atoms in total. The number of halogens is 7. The van der Waals surface area contributed by atoms with Crippen LogP contribution < -0.4 is 10.6 Å². The first-order valence-electron chi connectivity index (χ1n) is 10.0. The Morgan fingerprint density at radius 2 is 1.53 bits per heavy atom. The van der Waals surface area contributed by atoms with Crippen LogP contribution in [0.2, 0.25) is 5.02 Å². The Balaban J connectivity index is 1.51. The number of anilines is 1. The SMILES string of the molecule is O=C(NC1CCC(CNc2cccc(C(F)(F)F)c2)CC1)c1cc(C(F)(F)F)ccc1Cl. The van der Waals surface area contributed by atoms with Gasteiger partial charge in [-0.2, -0.15) is 26.3 Å². The molecule has 10 heteroatoms. The molecule has 0 aliphatic heterocycles. The number of nitrogens with one attached hydrogen (secondary N) is 2. The maximum absolute atomic E-state index is 12.9. The fourth-order valence-electron chi connectivity index (χ4n) is 3.72. The standard InChI is InChI=1S/C22H21ClF6N2O/c23-19-9-6-15(22(27,28)29)11-18(19)20(32)31-16-7-4-13(5-8-16)12-30-17-3-1-2-14(10-17)21(24,25)26/h1-3,6,9-11,13,16,30H,4-5,7-8,12H2,(H,31,32). The number of amides is 1. The largest absolute Gasteiger partial charge is 0.416 e. The van der Waals surface area contributed by atoms with Gasteiger partial charge in [-0.05, 0) is 68.0 Å². The lowest BCUT2D eigenvalue weighted by molar-refractivity contribution is -0.138. The zero-order valence-corrected chi connectivity index (χ0v) is 17.5. The monoisotopic (exact) mass is 478 g/mol. The van der Waals surface area contributed by atoms with E-state index in [-0.39, 0.29) is 22.5 Å². The molecule has 1 aliphatic carbocycles. The van der Waals surface area contributed by atoms with Crippen LogP contribution in [0.3, 0.4) is 0 Å². The summed E-state index contributed by atoms with van der Waals surface area (Å²) in [5, 5.41) is 5.70. The molecular formula is C22H21ClF6N2O. The highest BCUT2D eigenvalue weighted by molar-refractivity contribution is 6.33. The number of hydrogen-bond acceptors (Lipinski definition) is 2. The molecule has 2 aromatic rings. The molecule has 0 aromatic heterocycles. The molecular weight excluding hydrogens is 458 g/mol. The van der Waals surface area contributed by atoms with Crippen LogP contribution in [0.1, 0.15) is 47.2 Å². The van der Waals surface area contributed by atoms with Crippen LogP contribution in [0.25, 0.3) is 0 Å². The topological polar surface area (TPSA) is 41.1 Å². The van der Waals surface area contributed by atoms with Crippen molar-refractivity contribution in [2.45, 2.75) is 44.1 Å². The van der Waals surface area contributed by atoms with E-state index in [0.717, 1.165) is 30.3 Å². The molecule has 1 fully saturated rings. The lowest BCUT2D eigenvalue weighted by atomic mass is 9.86. The molecule has 0 heterocycles. The Hall–Kier alpha value is -2.42. The van der Waals surface area contributed by atoms with Gasteiger partial charge in [-0.3, -0.25) is 4.79 Å². The van der Waals surface area contributed by atoms with Crippen molar-refractivity contribution in [3.8, 4) is 0 Å². The summed E-state index contributed by atoms with van der Waals surface area (Å²) in [5.41, 5.74) is -1.51. The van der Waals surface area contributed by atoms with Gasteiger partial charge in [0.05, 0.1) is 21.7 Å². The van der Waals surface area contributed by atoms with E-state index >= 15 is 0 Å². The second-order valence-electron chi connectivity index (χ2n) is 7.84. The highest BCUT2D eigenvalue weighted by atomic mass is 35.5. The van der Waals surface area contributed by atoms with E-state index < -0.39 is 29.4 Å². The van der Waals surface area contributed by atoms with Gasteiger partial charge in [0.1, 0.15) is 0 Å². The normalized spacial score (nSPS) is 19.5. The Morgan fingerprint density at radius 3 is 2.16 bits per heavy atom. The fraction of sp³-hybridized carbons (Fsp3) is 0.409. The minimum atomic E-state index is -4.58. The summed E-state index contributed by atoms with van der Waals surface area (Å²) in [4.78, 5) is 12.5. The van der Waals surface area contributed by atoms with Crippen LogP contribution in [0.15, 0.2) is 42.5 Å². The lowest BCUT2D eigenvalue weighted by Gasteiger charge is -2.29. The summed E-state index contributed by atoms with van der Waals surface area (Å²) in [6.45, 7) is 0.488. The van der Waals surface area contributed by atoms with Gasteiger partial charge in [0.25, 0.3) is 5.91 Å². The van der Waals surface area contributed by atoms with Crippen molar-refractivity contribution >= 4 is 23.2 Å². The first kappa shape index (κ1) is 24.2. The number of carbonyl (C=O) groups is 1. The second-order valence-corrected chi connectivity index (χ2v) is 8.25. The van der Waals surface area contributed by atoms with E-state index in [1.807, 2.05) is 0 Å². The molecule has 3 rings (SSSR count). The first-order chi connectivity index (χ1) is 14.9. The van der Waals surface area contributed by atoms with Gasteiger partial charge in [0, 0.05) is 18.3 Å². The highest BCUT2D eigenvalue weighted by Crippen LogP contribution is 2.33. The summed E-state index contributed by atoms with van der Waals surface area (Å²) in [6.07, 6.45) is -6.34. The number of hydrogen-bond donors (Lipinski definition) is 2. The van der Waals surface area contributed by atoms with Crippen molar-refractivity contribution in [3.63, 3.8) is 0 Å². The van der Waals surface area contributed by atoms with Crippen molar-refractivity contribution in [1.82, 2.24) is 5.32 Å². The van der Waals surface area contributed by atoms with E-state index in [1.165, 1.54) is 6.07 Å².